The molecule has 0 bridgehead atoms. The van der Waals surface area contributed by atoms with Crippen molar-refractivity contribution in [2.45, 2.75) is 62.0 Å². The number of alkyl halides is 3. The largest absolute Gasteiger partial charge is 0.467 e. The van der Waals surface area contributed by atoms with Crippen LogP contribution in [0.25, 0.3) is 0 Å². The third-order valence-electron chi connectivity index (χ3n) is 5.30. The van der Waals surface area contributed by atoms with E-state index < -0.39 is 39.9 Å². The third-order valence-corrected chi connectivity index (χ3v) is 6.67. The number of thioether (sulfide) groups is 1. The van der Waals surface area contributed by atoms with Crippen molar-refractivity contribution in [3.63, 3.8) is 0 Å². The highest BCUT2D eigenvalue weighted by Gasteiger charge is 2.37. The number of nitrogens with one attached hydrogen (secondary N) is 1. The van der Waals surface area contributed by atoms with Gasteiger partial charge in [0.2, 0.25) is 9.70 Å². The van der Waals surface area contributed by atoms with Crippen LogP contribution in [0.2, 0.25) is 0 Å². The number of ether oxygens (including phenoxy) is 3. The molecule has 0 saturated carbocycles. The number of esters is 2. The van der Waals surface area contributed by atoms with E-state index in [1.165, 1.54) is 28.7 Å². The number of hydrogen-bond acceptors (Lipinski definition) is 9. The summed E-state index contributed by atoms with van der Waals surface area (Å²) in [4.78, 5) is 52.8. The minimum absolute atomic E-state index is 0.194. The van der Waals surface area contributed by atoms with E-state index in [0.717, 1.165) is 0 Å². The SMILES string of the molecule is CCCN(CCSC[C@H](NC(C)C(=O)N1CCC[C@H]1C(=O)OC)C(=O)OCC)C(=O)OCC(Cl)(Cl)Cl. The van der Waals surface area contributed by atoms with Crippen LogP contribution in [0.15, 0.2) is 0 Å². The first-order valence-electron chi connectivity index (χ1n) is 11.8. The summed E-state index contributed by atoms with van der Waals surface area (Å²) in [7, 11) is 1.29. The van der Waals surface area contributed by atoms with Gasteiger partial charge in [0.25, 0.3) is 0 Å². The maximum Gasteiger partial charge on any atom is 0.409 e. The number of nitrogens with zero attached hydrogens (tertiary/aromatic N) is 2. The molecular formula is C22H36Cl3N3O7S. The van der Waals surface area contributed by atoms with E-state index in [4.69, 9.17) is 49.0 Å². The number of halogens is 3. The van der Waals surface area contributed by atoms with Crippen LogP contribution in [0.3, 0.4) is 0 Å². The average Bonchev–Trinajstić information content (AvgIpc) is 3.32. The Hall–Kier alpha value is -1.14. The second kappa shape index (κ2) is 16.7. The maximum atomic E-state index is 13.0. The number of hydrogen-bond donors (Lipinski definition) is 1. The van der Waals surface area contributed by atoms with Crippen molar-refractivity contribution >= 4 is 70.5 Å². The second-order valence-corrected chi connectivity index (χ2v) is 11.8. The van der Waals surface area contributed by atoms with E-state index in [1.54, 1.807) is 13.8 Å². The van der Waals surface area contributed by atoms with E-state index in [2.05, 4.69) is 5.32 Å². The number of methoxy groups -OCH3 is 1. The molecule has 1 N–H and O–H groups in total. The van der Waals surface area contributed by atoms with Crippen molar-refractivity contribution < 1.29 is 33.4 Å². The summed E-state index contributed by atoms with van der Waals surface area (Å²) in [5.74, 6) is -0.412. The minimum Gasteiger partial charge on any atom is -0.467 e. The zero-order valence-electron chi connectivity index (χ0n) is 21.1. The summed E-state index contributed by atoms with van der Waals surface area (Å²) < 4.78 is 13.3. The lowest BCUT2D eigenvalue weighted by Gasteiger charge is -2.28. The molecule has 1 unspecified atom stereocenters. The van der Waals surface area contributed by atoms with Crippen LogP contribution in [0.5, 0.6) is 0 Å². The fourth-order valence-corrected chi connectivity index (χ4v) is 4.78. The minimum atomic E-state index is -1.69. The molecule has 10 nitrogen and oxygen atoms in total. The van der Waals surface area contributed by atoms with Crippen LogP contribution in [0, 0.1) is 0 Å². The molecule has 1 aliphatic rings. The molecule has 0 aliphatic carbocycles. The fourth-order valence-electron chi connectivity index (χ4n) is 3.64. The molecule has 208 valence electrons. The van der Waals surface area contributed by atoms with Gasteiger partial charge in [-0.1, -0.05) is 41.7 Å². The van der Waals surface area contributed by atoms with Crippen LogP contribution in [0.4, 0.5) is 4.79 Å². The zero-order valence-corrected chi connectivity index (χ0v) is 24.2. The van der Waals surface area contributed by atoms with Gasteiger partial charge in [-0.3, -0.25) is 14.9 Å². The van der Waals surface area contributed by atoms with E-state index in [0.29, 0.717) is 50.4 Å². The van der Waals surface area contributed by atoms with Crippen molar-refractivity contribution in [3.8, 4) is 0 Å². The molecule has 1 aliphatic heterocycles. The Balaban J connectivity index is 2.68. The monoisotopic (exact) mass is 591 g/mol. The van der Waals surface area contributed by atoms with Gasteiger partial charge in [-0.15, -0.1) is 0 Å². The highest BCUT2D eigenvalue weighted by Crippen LogP contribution is 2.26. The standard InChI is InChI=1S/C22H36Cl3N3O7S/c1-5-9-27(21(32)35-14-22(23,24)25)11-12-36-13-16(19(30)34-6-2)26-15(3)18(29)28-10-7-8-17(28)20(31)33-4/h15-17,26H,5-14H2,1-4H3/t15?,16-,17-/m0/s1. The predicted molar refractivity (Wildman–Crippen MR) is 141 cm³/mol. The Morgan fingerprint density at radius 1 is 1.17 bits per heavy atom. The van der Waals surface area contributed by atoms with Crippen molar-refractivity contribution in [2.24, 2.45) is 0 Å². The van der Waals surface area contributed by atoms with Crippen LogP contribution in [0.1, 0.15) is 40.0 Å². The molecule has 2 amide bonds. The Kier molecular flexibility index (Phi) is 15.2. The first kappa shape index (κ1) is 32.9. The van der Waals surface area contributed by atoms with Gasteiger partial charge in [-0.05, 0) is 33.1 Å². The molecule has 0 spiro atoms. The lowest BCUT2D eigenvalue weighted by molar-refractivity contribution is -0.152. The summed E-state index contributed by atoms with van der Waals surface area (Å²) in [6.07, 6.45) is 1.37. The zero-order chi connectivity index (χ0) is 27.3. The van der Waals surface area contributed by atoms with Gasteiger partial charge in [0.1, 0.15) is 18.7 Å². The predicted octanol–water partition coefficient (Wildman–Crippen LogP) is 3.01. The maximum absolute atomic E-state index is 13.0. The lowest BCUT2D eigenvalue weighted by atomic mass is 10.2. The van der Waals surface area contributed by atoms with Gasteiger partial charge in [0, 0.05) is 31.1 Å². The van der Waals surface area contributed by atoms with Crippen molar-refractivity contribution in [1.29, 1.82) is 0 Å². The number of amides is 2. The number of likely N-dealkylation sites (tertiary alicyclic amines) is 1. The normalized spacial score (nSPS) is 17.3. The Morgan fingerprint density at radius 3 is 2.44 bits per heavy atom. The van der Waals surface area contributed by atoms with Crippen LogP contribution >= 0.6 is 46.6 Å². The van der Waals surface area contributed by atoms with E-state index in [-0.39, 0.29) is 19.1 Å². The molecule has 3 atom stereocenters. The summed E-state index contributed by atoms with van der Waals surface area (Å²) in [6.45, 7) is 6.37. The quantitative estimate of drug-likeness (QED) is 0.141. The molecule has 1 saturated heterocycles. The lowest BCUT2D eigenvalue weighted by Crippen LogP contribution is -2.54. The van der Waals surface area contributed by atoms with Crippen LogP contribution < -0.4 is 5.32 Å². The molecule has 0 aromatic heterocycles. The molecule has 1 fully saturated rings. The van der Waals surface area contributed by atoms with E-state index in [1.807, 2.05) is 6.92 Å². The molecule has 0 aromatic carbocycles. The first-order chi connectivity index (χ1) is 16.9. The van der Waals surface area contributed by atoms with Crippen molar-refractivity contribution in [2.75, 3.05) is 51.5 Å². The summed E-state index contributed by atoms with van der Waals surface area (Å²) in [5, 5.41) is 3.04. The van der Waals surface area contributed by atoms with E-state index >= 15 is 0 Å². The third kappa shape index (κ3) is 11.5. The topological polar surface area (TPSA) is 114 Å². The summed E-state index contributed by atoms with van der Waals surface area (Å²) in [6, 6.07) is -2.10. The molecular weight excluding hydrogens is 557 g/mol. The first-order valence-corrected chi connectivity index (χ1v) is 14.1. The van der Waals surface area contributed by atoms with Gasteiger partial charge in [-0.25, -0.2) is 9.59 Å². The second-order valence-electron chi connectivity index (χ2n) is 8.14. The van der Waals surface area contributed by atoms with Crippen molar-refractivity contribution in [1.82, 2.24) is 15.1 Å². The van der Waals surface area contributed by atoms with Gasteiger partial charge in [0.05, 0.1) is 19.8 Å². The molecule has 36 heavy (non-hydrogen) atoms. The summed E-state index contributed by atoms with van der Waals surface area (Å²) in [5.41, 5.74) is 0. The number of rotatable bonds is 14. The Morgan fingerprint density at radius 2 is 1.86 bits per heavy atom. The van der Waals surface area contributed by atoms with Crippen molar-refractivity contribution in [3.05, 3.63) is 0 Å². The molecule has 1 rings (SSSR count). The van der Waals surface area contributed by atoms with Crippen LogP contribution in [-0.4, -0.2) is 107 Å². The molecule has 0 radical (unpaired) electrons. The van der Waals surface area contributed by atoms with Gasteiger partial charge in [-0.2, -0.15) is 11.8 Å². The van der Waals surface area contributed by atoms with Gasteiger partial charge >= 0.3 is 18.0 Å². The van der Waals surface area contributed by atoms with Crippen LogP contribution in [-0.2, 0) is 28.6 Å². The smallest absolute Gasteiger partial charge is 0.409 e. The average molecular weight is 593 g/mol. The highest BCUT2D eigenvalue weighted by atomic mass is 35.6. The Labute approximate surface area is 231 Å². The summed E-state index contributed by atoms with van der Waals surface area (Å²) >= 11 is 18.3. The number of carbonyl (C=O) groups excluding carboxylic acids is 4. The van der Waals surface area contributed by atoms with Gasteiger partial charge < -0.3 is 24.0 Å². The van der Waals surface area contributed by atoms with E-state index in [9.17, 15) is 19.2 Å². The number of carbonyl (C=O) groups is 4. The van der Waals surface area contributed by atoms with Gasteiger partial charge in [0.15, 0.2) is 0 Å². The molecule has 14 heteroatoms. The molecule has 0 aromatic rings. The molecule has 1 heterocycles. The Bertz CT molecular complexity index is 742. The highest BCUT2D eigenvalue weighted by molar-refractivity contribution is 7.99. The fraction of sp³-hybridized carbons (Fsp3) is 0.818.